The normalized spacial score (nSPS) is 48.9. The first-order valence-corrected chi connectivity index (χ1v) is 9.85. The van der Waals surface area contributed by atoms with Crippen molar-refractivity contribution in [1.29, 1.82) is 0 Å². The molecule has 0 aromatic rings. The Balaban J connectivity index is 1.76. The monoisotopic (exact) mass is 346 g/mol. The molecule has 0 bridgehead atoms. The third kappa shape index (κ3) is 2.43. The predicted molar refractivity (Wildman–Crippen MR) is 93.7 cm³/mol. The molecule has 3 fully saturated rings. The molecule has 25 heavy (non-hydrogen) atoms. The minimum atomic E-state index is -0.242. The SMILES string of the molecule is CC(=O)OC1CC2=CC(=O)CC[C@]2(C)[C@@H]2CC[C@]3(C)C(O)CC[C@H]3[C@H]12. The molecule has 7 atom stereocenters. The molecular weight excluding hydrogens is 316 g/mol. The van der Waals surface area contributed by atoms with E-state index in [4.69, 9.17) is 4.74 Å². The number of carbonyl (C=O) groups is 2. The molecule has 0 saturated heterocycles. The first-order valence-electron chi connectivity index (χ1n) is 9.85. The van der Waals surface area contributed by atoms with Crippen molar-refractivity contribution in [3.8, 4) is 0 Å². The van der Waals surface area contributed by atoms with Crippen LogP contribution in [-0.4, -0.2) is 29.1 Å². The number of ketones is 1. The van der Waals surface area contributed by atoms with Crippen LogP contribution in [0.2, 0.25) is 0 Å². The van der Waals surface area contributed by atoms with Gasteiger partial charge < -0.3 is 9.84 Å². The Labute approximate surface area is 150 Å². The van der Waals surface area contributed by atoms with Crippen LogP contribution in [0.15, 0.2) is 11.6 Å². The third-order valence-electron chi connectivity index (χ3n) is 8.23. The summed E-state index contributed by atoms with van der Waals surface area (Å²) in [5.41, 5.74) is 1.18. The molecular formula is C21H30O4. The van der Waals surface area contributed by atoms with Crippen LogP contribution in [0.5, 0.6) is 0 Å². The van der Waals surface area contributed by atoms with Crippen molar-refractivity contribution in [2.24, 2.45) is 28.6 Å². The Morgan fingerprint density at radius 2 is 1.96 bits per heavy atom. The molecule has 2 unspecified atom stereocenters. The summed E-state index contributed by atoms with van der Waals surface area (Å²) < 4.78 is 5.81. The smallest absolute Gasteiger partial charge is 0.302 e. The number of esters is 1. The molecule has 3 saturated carbocycles. The van der Waals surface area contributed by atoms with Gasteiger partial charge in [-0.05, 0) is 60.8 Å². The fourth-order valence-electron chi connectivity index (χ4n) is 6.81. The topological polar surface area (TPSA) is 63.6 Å². The molecule has 0 aromatic carbocycles. The summed E-state index contributed by atoms with van der Waals surface area (Å²) in [5, 5.41) is 10.6. The summed E-state index contributed by atoms with van der Waals surface area (Å²) >= 11 is 0. The number of ether oxygens (including phenoxy) is 1. The second-order valence-electron chi connectivity index (χ2n) is 9.33. The van der Waals surface area contributed by atoms with Crippen molar-refractivity contribution >= 4 is 11.8 Å². The van der Waals surface area contributed by atoms with Crippen molar-refractivity contribution in [2.75, 3.05) is 0 Å². The second kappa shape index (κ2) is 5.67. The largest absolute Gasteiger partial charge is 0.462 e. The van der Waals surface area contributed by atoms with Crippen molar-refractivity contribution in [3.05, 3.63) is 11.6 Å². The number of aliphatic hydroxyl groups excluding tert-OH is 1. The Hall–Kier alpha value is -1.16. The molecule has 0 aromatic heterocycles. The number of rotatable bonds is 1. The number of hydrogen-bond donors (Lipinski definition) is 1. The highest BCUT2D eigenvalue weighted by Gasteiger charge is 2.62. The highest BCUT2D eigenvalue weighted by atomic mass is 16.5. The predicted octanol–water partition coefficient (Wildman–Crippen LogP) is 3.42. The van der Waals surface area contributed by atoms with Crippen LogP contribution in [0, 0.1) is 28.6 Å². The molecule has 138 valence electrons. The van der Waals surface area contributed by atoms with E-state index in [0.29, 0.717) is 30.6 Å². The lowest BCUT2D eigenvalue weighted by Gasteiger charge is -2.59. The van der Waals surface area contributed by atoms with Gasteiger partial charge in [-0.1, -0.05) is 19.4 Å². The summed E-state index contributed by atoms with van der Waals surface area (Å²) in [6.07, 6.45) is 7.64. The maximum atomic E-state index is 12.0. The molecule has 4 heteroatoms. The van der Waals surface area contributed by atoms with E-state index in [-0.39, 0.29) is 34.8 Å². The van der Waals surface area contributed by atoms with Crippen molar-refractivity contribution in [3.63, 3.8) is 0 Å². The van der Waals surface area contributed by atoms with Crippen LogP contribution in [0.3, 0.4) is 0 Å². The van der Waals surface area contributed by atoms with Gasteiger partial charge in [-0.2, -0.15) is 0 Å². The van der Waals surface area contributed by atoms with Crippen LogP contribution in [0.25, 0.3) is 0 Å². The van der Waals surface area contributed by atoms with Crippen molar-refractivity contribution in [1.82, 2.24) is 0 Å². The van der Waals surface area contributed by atoms with Gasteiger partial charge in [0.2, 0.25) is 0 Å². The van der Waals surface area contributed by atoms with Gasteiger partial charge in [-0.25, -0.2) is 0 Å². The molecule has 4 aliphatic carbocycles. The Bertz CT molecular complexity index is 638. The van der Waals surface area contributed by atoms with E-state index in [9.17, 15) is 14.7 Å². The standard InChI is InChI=1S/C21H30O4/c1-12(22)25-17-11-13-10-14(23)6-8-20(13,2)16-7-9-21(3)15(19(16)17)4-5-18(21)24/h10,15-19,24H,4-9,11H2,1-3H3/t15-,16+,17?,18?,19-,20-,21-/m0/s1. The van der Waals surface area contributed by atoms with Gasteiger partial charge in [0, 0.05) is 25.7 Å². The van der Waals surface area contributed by atoms with Gasteiger partial charge in [0.1, 0.15) is 6.10 Å². The Morgan fingerprint density at radius 3 is 2.68 bits per heavy atom. The van der Waals surface area contributed by atoms with Gasteiger partial charge in [-0.3, -0.25) is 9.59 Å². The maximum absolute atomic E-state index is 12.0. The van der Waals surface area contributed by atoms with E-state index in [2.05, 4.69) is 13.8 Å². The highest BCUT2D eigenvalue weighted by molar-refractivity contribution is 5.91. The molecule has 4 nitrogen and oxygen atoms in total. The van der Waals surface area contributed by atoms with Gasteiger partial charge >= 0.3 is 5.97 Å². The fourth-order valence-corrected chi connectivity index (χ4v) is 6.81. The van der Waals surface area contributed by atoms with Crippen LogP contribution >= 0.6 is 0 Å². The second-order valence-corrected chi connectivity index (χ2v) is 9.33. The number of hydrogen-bond acceptors (Lipinski definition) is 4. The summed E-state index contributed by atoms with van der Waals surface area (Å²) in [7, 11) is 0. The van der Waals surface area contributed by atoms with E-state index < -0.39 is 0 Å². The number of fused-ring (bicyclic) bond motifs is 5. The summed E-state index contributed by atoms with van der Waals surface area (Å²) in [6.45, 7) is 6.03. The van der Waals surface area contributed by atoms with Gasteiger partial charge in [0.05, 0.1) is 6.10 Å². The van der Waals surface area contributed by atoms with E-state index in [1.165, 1.54) is 12.5 Å². The molecule has 0 heterocycles. The zero-order valence-electron chi connectivity index (χ0n) is 15.6. The van der Waals surface area contributed by atoms with Crippen molar-refractivity contribution in [2.45, 2.75) is 77.9 Å². The molecule has 0 amide bonds. The maximum Gasteiger partial charge on any atom is 0.302 e. The number of aliphatic hydroxyl groups is 1. The summed E-state index contributed by atoms with van der Waals surface area (Å²) in [5.74, 6) is 1.12. The Kier molecular flexibility index (Phi) is 3.91. The van der Waals surface area contributed by atoms with Gasteiger partial charge in [0.25, 0.3) is 0 Å². The summed E-state index contributed by atoms with van der Waals surface area (Å²) in [6, 6.07) is 0. The lowest BCUT2D eigenvalue weighted by atomic mass is 9.46. The molecule has 0 aliphatic heterocycles. The lowest BCUT2D eigenvalue weighted by molar-refractivity contribution is -0.167. The van der Waals surface area contributed by atoms with E-state index in [0.717, 1.165) is 32.1 Å². The number of carbonyl (C=O) groups excluding carboxylic acids is 2. The molecule has 0 spiro atoms. The van der Waals surface area contributed by atoms with E-state index in [1.807, 2.05) is 6.08 Å². The van der Waals surface area contributed by atoms with Crippen LogP contribution in [-0.2, 0) is 14.3 Å². The Morgan fingerprint density at radius 1 is 1.20 bits per heavy atom. The third-order valence-corrected chi connectivity index (χ3v) is 8.23. The van der Waals surface area contributed by atoms with Crippen LogP contribution in [0.4, 0.5) is 0 Å². The average molecular weight is 346 g/mol. The van der Waals surface area contributed by atoms with Gasteiger partial charge in [-0.15, -0.1) is 0 Å². The zero-order valence-corrected chi connectivity index (χ0v) is 15.6. The van der Waals surface area contributed by atoms with Gasteiger partial charge in [0.15, 0.2) is 5.78 Å². The van der Waals surface area contributed by atoms with Crippen LogP contribution < -0.4 is 0 Å². The molecule has 4 rings (SSSR count). The molecule has 0 radical (unpaired) electrons. The highest BCUT2D eigenvalue weighted by Crippen LogP contribution is 2.65. The zero-order chi connectivity index (χ0) is 18.0. The summed E-state index contributed by atoms with van der Waals surface area (Å²) in [4.78, 5) is 23.8. The molecule has 1 N–H and O–H groups in total. The first kappa shape index (κ1) is 17.3. The van der Waals surface area contributed by atoms with E-state index in [1.54, 1.807) is 0 Å². The minimum Gasteiger partial charge on any atom is -0.462 e. The van der Waals surface area contributed by atoms with Crippen molar-refractivity contribution < 1.29 is 19.4 Å². The average Bonchev–Trinajstić information content (AvgIpc) is 2.84. The quantitative estimate of drug-likeness (QED) is 0.739. The first-order chi connectivity index (χ1) is 11.8. The van der Waals surface area contributed by atoms with E-state index >= 15 is 0 Å². The fraction of sp³-hybridized carbons (Fsp3) is 0.810. The van der Waals surface area contributed by atoms with Crippen LogP contribution in [0.1, 0.15) is 65.7 Å². The lowest BCUT2D eigenvalue weighted by Crippen LogP contribution is -2.56. The minimum absolute atomic E-state index is 0.0457. The molecule has 4 aliphatic rings.